The van der Waals surface area contributed by atoms with E-state index in [2.05, 4.69) is 34.2 Å². The molecule has 5 heteroatoms. The second kappa shape index (κ2) is 5.93. The zero-order valence-electron chi connectivity index (χ0n) is 12.0. The van der Waals surface area contributed by atoms with Gasteiger partial charge in [0.05, 0.1) is 23.8 Å². The van der Waals surface area contributed by atoms with Crippen molar-refractivity contribution >= 4 is 33.2 Å². The van der Waals surface area contributed by atoms with E-state index in [1.165, 1.54) is 6.42 Å². The van der Waals surface area contributed by atoms with E-state index >= 15 is 0 Å². The lowest BCUT2D eigenvalue weighted by Gasteiger charge is -2.12. The van der Waals surface area contributed by atoms with Gasteiger partial charge in [-0.25, -0.2) is 0 Å². The lowest BCUT2D eigenvalue weighted by Crippen LogP contribution is -2.01. The maximum absolute atomic E-state index is 6.08. The molecular formula is C16H17BrClNO2. The van der Waals surface area contributed by atoms with Crippen LogP contribution < -0.4 is 10.1 Å². The number of furan rings is 1. The number of ether oxygens (including phenoxy) is 1. The van der Waals surface area contributed by atoms with Gasteiger partial charge in [-0.3, -0.25) is 0 Å². The lowest BCUT2D eigenvalue weighted by molar-refractivity contribution is 0.413. The number of rotatable bonds is 5. The van der Waals surface area contributed by atoms with Crippen molar-refractivity contribution in [2.45, 2.75) is 25.8 Å². The van der Waals surface area contributed by atoms with Crippen molar-refractivity contribution in [1.82, 2.24) is 0 Å². The van der Waals surface area contributed by atoms with Gasteiger partial charge in [0.2, 0.25) is 0 Å². The van der Waals surface area contributed by atoms with E-state index in [1.54, 1.807) is 7.11 Å². The van der Waals surface area contributed by atoms with Crippen LogP contribution in [-0.2, 0) is 6.54 Å². The average Bonchev–Trinajstić information content (AvgIpc) is 2.99. The van der Waals surface area contributed by atoms with E-state index in [9.17, 15) is 0 Å². The second-order valence-corrected chi connectivity index (χ2v) is 6.74. The SMILES string of the molecule is COc1c(Br)cc(Cl)cc1NCc1ccc(C2CC2C)o1. The molecule has 112 valence electrons. The van der Waals surface area contributed by atoms with Crippen LogP contribution in [0.25, 0.3) is 0 Å². The van der Waals surface area contributed by atoms with E-state index < -0.39 is 0 Å². The van der Waals surface area contributed by atoms with E-state index in [4.69, 9.17) is 20.8 Å². The number of hydrogen-bond acceptors (Lipinski definition) is 3. The standard InChI is InChI=1S/C16H17BrClNO2/c1-9-5-12(9)15-4-3-11(21-15)8-19-14-7-10(18)6-13(17)16(14)20-2/h3-4,6-7,9,12,19H,5,8H2,1-2H3. The molecule has 1 aliphatic rings. The highest BCUT2D eigenvalue weighted by Gasteiger charge is 2.36. The normalized spacial score (nSPS) is 20.4. The molecule has 0 spiro atoms. The Bertz CT molecular complexity index is 656. The van der Waals surface area contributed by atoms with Gasteiger partial charge >= 0.3 is 0 Å². The number of halogens is 2. The van der Waals surface area contributed by atoms with Crippen LogP contribution in [0.4, 0.5) is 5.69 Å². The highest BCUT2D eigenvalue weighted by molar-refractivity contribution is 9.10. The van der Waals surface area contributed by atoms with Crippen molar-refractivity contribution in [1.29, 1.82) is 0 Å². The summed E-state index contributed by atoms with van der Waals surface area (Å²) in [5.74, 6) is 4.11. The molecule has 0 amide bonds. The van der Waals surface area contributed by atoms with Gasteiger partial charge in [0.1, 0.15) is 11.5 Å². The van der Waals surface area contributed by atoms with Gasteiger partial charge in [0, 0.05) is 10.9 Å². The molecule has 1 aromatic carbocycles. The van der Waals surface area contributed by atoms with Crippen LogP contribution in [0.5, 0.6) is 5.75 Å². The zero-order chi connectivity index (χ0) is 15.0. The summed E-state index contributed by atoms with van der Waals surface area (Å²) in [6, 6.07) is 7.76. The monoisotopic (exact) mass is 369 g/mol. The molecule has 0 saturated heterocycles. The third-order valence-corrected chi connectivity index (χ3v) is 4.63. The Hall–Kier alpha value is -1.13. The van der Waals surface area contributed by atoms with Gasteiger partial charge in [-0.15, -0.1) is 0 Å². The Kier molecular flexibility index (Phi) is 4.18. The number of benzene rings is 1. The Labute approximate surface area is 137 Å². The summed E-state index contributed by atoms with van der Waals surface area (Å²) in [6.45, 7) is 2.85. The summed E-state index contributed by atoms with van der Waals surface area (Å²) in [7, 11) is 1.64. The molecule has 21 heavy (non-hydrogen) atoms. The highest BCUT2D eigenvalue weighted by Crippen LogP contribution is 2.47. The molecule has 2 aromatic rings. The second-order valence-electron chi connectivity index (χ2n) is 5.45. The van der Waals surface area contributed by atoms with Crippen molar-refractivity contribution in [3.05, 3.63) is 45.3 Å². The van der Waals surface area contributed by atoms with Crippen LogP contribution in [0.2, 0.25) is 5.02 Å². The molecule has 1 fully saturated rings. The minimum absolute atomic E-state index is 0.601. The Morgan fingerprint density at radius 3 is 2.86 bits per heavy atom. The predicted molar refractivity (Wildman–Crippen MR) is 88.3 cm³/mol. The molecule has 0 radical (unpaired) electrons. The van der Waals surface area contributed by atoms with Crippen molar-refractivity contribution in [2.24, 2.45) is 5.92 Å². The molecule has 0 aliphatic heterocycles. The first-order valence-corrected chi connectivity index (χ1v) is 8.11. The van der Waals surface area contributed by atoms with E-state index in [0.29, 0.717) is 17.5 Å². The zero-order valence-corrected chi connectivity index (χ0v) is 14.3. The first-order valence-electron chi connectivity index (χ1n) is 6.94. The fraction of sp³-hybridized carbons (Fsp3) is 0.375. The molecular weight excluding hydrogens is 354 g/mol. The summed E-state index contributed by atoms with van der Waals surface area (Å²) in [5.41, 5.74) is 0.842. The van der Waals surface area contributed by atoms with Crippen LogP contribution in [0.1, 0.15) is 30.8 Å². The molecule has 2 atom stereocenters. The minimum Gasteiger partial charge on any atom is -0.493 e. The predicted octanol–water partition coefficient (Wildman–Crippen LogP) is 5.44. The molecule has 0 bridgehead atoms. The Balaban J connectivity index is 1.71. The van der Waals surface area contributed by atoms with Crippen molar-refractivity contribution < 1.29 is 9.15 Å². The van der Waals surface area contributed by atoms with Crippen LogP contribution in [0.15, 0.2) is 33.2 Å². The molecule has 3 nitrogen and oxygen atoms in total. The van der Waals surface area contributed by atoms with E-state index in [1.807, 2.05) is 18.2 Å². The van der Waals surface area contributed by atoms with Crippen LogP contribution in [0, 0.1) is 5.92 Å². The van der Waals surface area contributed by atoms with Crippen LogP contribution in [-0.4, -0.2) is 7.11 Å². The maximum Gasteiger partial charge on any atom is 0.156 e. The Morgan fingerprint density at radius 1 is 1.43 bits per heavy atom. The van der Waals surface area contributed by atoms with Crippen LogP contribution >= 0.6 is 27.5 Å². The van der Waals surface area contributed by atoms with Gasteiger partial charge < -0.3 is 14.5 Å². The summed E-state index contributed by atoms with van der Waals surface area (Å²) in [6.07, 6.45) is 1.23. The van der Waals surface area contributed by atoms with Gasteiger partial charge in [-0.05, 0) is 52.5 Å². The first kappa shape index (κ1) is 14.8. The third kappa shape index (κ3) is 3.22. The number of nitrogens with one attached hydrogen (secondary N) is 1. The van der Waals surface area contributed by atoms with E-state index in [0.717, 1.165) is 33.3 Å². The topological polar surface area (TPSA) is 34.4 Å². The average molecular weight is 371 g/mol. The molecule has 1 aliphatic carbocycles. The highest BCUT2D eigenvalue weighted by atomic mass is 79.9. The summed E-state index contributed by atoms with van der Waals surface area (Å²) >= 11 is 9.53. The molecule has 3 rings (SSSR count). The largest absolute Gasteiger partial charge is 0.493 e. The van der Waals surface area contributed by atoms with Crippen molar-refractivity contribution in [3.63, 3.8) is 0 Å². The van der Waals surface area contributed by atoms with Crippen LogP contribution in [0.3, 0.4) is 0 Å². The van der Waals surface area contributed by atoms with Crippen molar-refractivity contribution in [2.75, 3.05) is 12.4 Å². The number of hydrogen-bond donors (Lipinski definition) is 1. The van der Waals surface area contributed by atoms with Crippen molar-refractivity contribution in [3.8, 4) is 5.75 Å². The number of methoxy groups -OCH3 is 1. The van der Waals surface area contributed by atoms with Gasteiger partial charge in [0.15, 0.2) is 5.75 Å². The summed E-state index contributed by atoms with van der Waals surface area (Å²) in [4.78, 5) is 0. The summed E-state index contributed by atoms with van der Waals surface area (Å²) in [5, 5.41) is 3.96. The summed E-state index contributed by atoms with van der Waals surface area (Å²) < 4.78 is 12.1. The minimum atomic E-state index is 0.601. The maximum atomic E-state index is 6.08. The van der Waals surface area contributed by atoms with E-state index in [-0.39, 0.29) is 0 Å². The molecule has 1 heterocycles. The first-order chi connectivity index (χ1) is 10.1. The fourth-order valence-electron chi connectivity index (χ4n) is 2.49. The molecule has 1 saturated carbocycles. The number of anilines is 1. The molecule has 1 aromatic heterocycles. The molecule has 2 unspecified atom stereocenters. The third-order valence-electron chi connectivity index (χ3n) is 3.82. The fourth-order valence-corrected chi connectivity index (χ4v) is 3.46. The van der Waals surface area contributed by atoms with Gasteiger partial charge in [0.25, 0.3) is 0 Å². The smallest absolute Gasteiger partial charge is 0.156 e. The molecule has 1 N–H and O–H groups in total. The Morgan fingerprint density at radius 2 is 2.19 bits per heavy atom. The van der Waals surface area contributed by atoms with Gasteiger partial charge in [-0.2, -0.15) is 0 Å². The lowest BCUT2D eigenvalue weighted by atomic mass is 10.2. The quantitative estimate of drug-likeness (QED) is 0.761. The van der Waals surface area contributed by atoms with Gasteiger partial charge in [-0.1, -0.05) is 18.5 Å².